The van der Waals surface area contributed by atoms with Crippen molar-refractivity contribution >= 4 is 50.1 Å². The molecule has 2 nitrogen and oxygen atoms in total. The molecule has 0 saturated carbocycles. The van der Waals surface area contributed by atoms with E-state index in [0.717, 1.165) is 25.1 Å². The third kappa shape index (κ3) is 1.66. The van der Waals surface area contributed by atoms with Crippen LogP contribution in [0.5, 0.6) is 0 Å². The zero-order valence-electron chi connectivity index (χ0n) is 9.35. The van der Waals surface area contributed by atoms with Crippen LogP contribution in [0.3, 0.4) is 0 Å². The highest BCUT2D eigenvalue weighted by atomic mass is 127. The van der Waals surface area contributed by atoms with Gasteiger partial charge in [-0.25, -0.2) is 4.79 Å². The highest BCUT2D eigenvalue weighted by Crippen LogP contribution is 2.30. The molecule has 0 amide bonds. The predicted octanol–water partition coefficient (Wildman–Crippen LogP) is 4.30. The first-order valence-corrected chi connectivity index (χ1v) is 6.59. The molecule has 0 bridgehead atoms. The van der Waals surface area contributed by atoms with Crippen molar-refractivity contribution in [1.82, 2.24) is 0 Å². The van der Waals surface area contributed by atoms with Crippen molar-refractivity contribution in [2.24, 2.45) is 0 Å². The minimum Gasteiger partial charge on any atom is -0.478 e. The smallest absolute Gasteiger partial charge is 0.337 e. The van der Waals surface area contributed by atoms with Gasteiger partial charge in [0, 0.05) is 3.57 Å². The average molecular weight is 348 g/mol. The van der Waals surface area contributed by atoms with Gasteiger partial charge in [0.05, 0.1) is 5.56 Å². The van der Waals surface area contributed by atoms with Gasteiger partial charge in [-0.15, -0.1) is 0 Å². The maximum atomic E-state index is 11.4. The third-order valence-electron chi connectivity index (χ3n) is 3.09. The molecule has 0 aliphatic heterocycles. The first-order chi connectivity index (χ1) is 8.68. The molecule has 88 valence electrons. The zero-order chi connectivity index (χ0) is 12.7. The number of aromatic carboxylic acids is 1. The molecule has 0 aliphatic carbocycles. The molecule has 0 atom stereocenters. The lowest BCUT2D eigenvalue weighted by atomic mass is 9.98. The summed E-state index contributed by atoms with van der Waals surface area (Å²) in [6.07, 6.45) is 0. The summed E-state index contributed by atoms with van der Waals surface area (Å²) in [4.78, 5) is 11.4. The fourth-order valence-electron chi connectivity index (χ4n) is 2.28. The van der Waals surface area contributed by atoms with E-state index in [9.17, 15) is 9.90 Å². The molecule has 3 aromatic rings. The third-order valence-corrected chi connectivity index (χ3v) is 3.99. The van der Waals surface area contributed by atoms with Gasteiger partial charge in [0.25, 0.3) is 0 Å². The molecule has 0 heterocycles. The van der Waals surface area contributed by atoms with E-state index >= 15 is 0 Å². The first kappa shape index (κ1) is 11.5. The summed E-state index contributed by atoms with van der Waals surface area (Å²) in [5.41, 5.74) is 0.388. The Balaban J connectivity index is 2.55. The van der Waals surface area contributed by atoms with Crippen molar-refractivity contribution < 1.29 is 9.90 Å². The van der Waals surface area contributed by atoms with Gasteiger partial charge >= 0.3 is 5.97 Å². The first-order valence-electron chi connectivity index (χ1n) is 5.52. The summed E-state index contributed by atoms with van der Waals surface area (Å²) in [5.74, 6) is -0.875. The van der Waals surface area contributed by atoms with Crippen molar-refractivity contribution in [2.75, 3.05) is 0 Å². The number of carboxylic acids is 1. The number of fused-ring (bicyclic) bond motifs is 3. The standard InChI is InChI=1S/C15H9IO2/c16-13-8-7-11-10-4-2-1-3-9(10)5-6-12(11)14(13)15(17)18/h1-8H,(H,17,18). The number of carboxylic acid groups (broad SMARTS) is 1. The van der Waals surface area contributed by atoms with E-state index in [1.54, 1.807) is 0 Å². The van der Waals surface area contributed by atoms with Crippen LogP contribution in [0, 0.1) is 3.57 Å². The Hall–Kier alpha value is -1.62. The van der Waals surface area contributed by atoms with Crippen LogP contribution in [0.1, 0.15) is 10.4 Å². The maximum absolute atomic E-state index is 11.4. The van der Waals surface area contributed by atoms with Gasteiger partial charge in [0.2, 0.25) is 0 Å². The molecular formula is C15H9IO2. The quantitative estimate of drug-likeness (QED) is 0.526. The molecule has 0 saturated heterocycles. The highest BCUT2D eigenvalue weighted by molar-refractivity contribution is 14.1. The van der Waals surface area contributed by atoms with Gasteiger partial charge in [0.1, 0.15) is 0 Å². The summed E-state index contributed by atoms with van der Waals surface area (Å²) in [6.45, 7) is 0. The summed E-state index contributed by atoms with van der Waals surface area (Å²) in [5, 5.41) is 13.3. The topological polar surface area (TPSA) is 37.3 Å². The number of benzene rings is 3. The number of carbonyl (C=O) groups is 1. The normalized spacial score (nSPS) is 10.9. The lowest BCUT2D eigenvalue weighted by Crippen LogP contribution is -2.00. The number of rotatable bonds is 1. The Kier molecular flexibility index (Phi) is 2.70. The van der Waals surface area contributed by atoms with Crippen LogP contribution in [0.4, 0.5) is 0 Å². The summed E-state index contributed by atoms with van der Waals surface area (Å²) in [7, 11) is 0. The van der Waals surface area contributed by atoms with Crippen molar-refractivity contribution in [2.45, 2.75) is 0 Å². The summed E-state index contributed by atoms with van der Waals surface area (Å²) < 4.78 is 0.767. The predicted molar refractivity (Wildman–Crippen MR) is 81.1 cm³/mol. The highest BCUT2D eigenvalue weighted by Gasteiger charge is 2.13. The second-order valence-corrected chi connectivity index (χ2v) is 5.27. The molecule has 1 N–H and O–H groups in total. The zero-order valence-corrected chi connectivity index (χ0v) is 11.5. The monoisotopic (exact) mass is 348 g/mol. The van der Waals surface area contributed by atoms with Gasteiger partial charge in [-0.05, 0) is 50.2 Å². The van der Waals surface area contributed by atoms with Crippen LogP contribution in [-0.4, -0.2) is 11.1 Å². The van der Waals surface area contributed by atoms with Crippen LogP contribution in [0.15, 0.2) is 48.5 Å². The van der Waals surface area contributed by atoms with E-state index in [2.05, 4.69) is 22.6 Å². The van der Waals surface area contributed by atoms with E-state index in [1.807, 2.05) is 48.5 Å². The van der Waals surface area contributed by atoms with Crippen LogP contribution in [0.25, 0.3) is 21.5 Å². The molecule has 0 spiro atoms. The summed E-state index contributed by atoms with van der Waals surface area (Å²) >= 11 is 2.07. The van der Waals surface area contributed by atoms with Crippen LogP contribution in [0.2, 0.25) is 0 Å². The second kappa shape index (κ2) is 4.24. The number of hydrogen-bond donors (Lipinski definition) is 1. The molecule has 3 aromatic carbocycles. The lowest BCUT2D eigenvalue weighted by molar-refractivity contribution is 0.0698. The number of halogens is 1. The SMILES string of the molecule is O=C(O)c1c(I)ccc2c1ccc1ccccc12. The molecule has 0 aliphatic rings. The van der Waals surface area contributed by atoms with Crippen LogP contribution >= 0.6 is 22.6 Å². The minimum absolute atomic E-state index is 0.388. The van der Waals surface area contributed by atoms with Gasteiger partial charge in [0.15, 0.2) is 0 Å². The van der Waals surface area contributed by atoms with Gasteiger partial charge < -0.3 is 5.11 Å². The molecule has 3 heteroatoms. The van der Waals surface area contributed by atoms with Crippen LogP contribution in [-0.2, 0) is 0 Å². The molecular weight excluding hydrogens is 339 g/mol. The van der Waals surface area contributed by atoms with Crippen molar-refractivity contribution in [1.29, 1.82) is 0 Å². The maximum Gasteiger partial charge on any atom is 0.337 e. The van der Waals surface area contributed by atoms with E-state index < -0.39 is 5.97 Å². The Morgan fingerprint density at radius 3 is 2.39 bits per heavy atom. The molecule has 3 rings (SSSR count). The van der Waals surface area contributed by atoms with E-state index in [0.29, 0.717) is 5.56 Å². The molecule has 0 radical (unpaired) electrons. The Morgan fingerprint density at radius 2 is 1.61 bits per heavy atom. The van der Waals surface area contributed by atoms with Crippen molar-refractivity contribution in [3.8, 4) is 0 Å². The van der Waals surface area contributed by atoms with Crippen molar-refractivity contribution in [3.63, 3.8) is 0 Å². The molecule has 0 aromatic heterocycles. The number of hydrogen-bond acceptors (Lipinski definition) is 1. The second-order valence-electron chi connectivity index (χ2n) is 4.11. The Morgan fingerprint density at radius 1 is 0.889 bits per heavy atom. The minimum atomic E-state index is -0.875. The molecule has 0 unspecified atom stereocenters. The van der Waals surface area contributed by atoms with Gasteiger partial charge in [-0.2, -0.15) is 0 Å². The van der Waals surface area contributed by atoms with E-state index in [1.165, 1.54) is 0 Å². The largest absolute Gasteiger partial charge is 0.478 e. The van der Waals surface area contributed by atoms with Gasteiger partial charge in [-0.1, -0.05) is 42.5 Å². The van der Waals surface area contributed by atoms with Gasteiger partial charge in [-0.3, -0.25) is 0 Å². The fourth-order valence-corrected chi connectivity index (χ4v) is 2.98. The van der Waals surface area contributed by atoms with Crippen LogP contribution < -0.4 is 0 Å². The summed E-state index contributed by atoms with van der Waals surface area (Å²) in [6, 6.07) is 15.7. The Bertz CT molecular complexity index is 778. The molecule has 18 heavy (non-hydrogen) atoms. The fraction of sp³-hybridized carbons (Fsp3) is 0. The average Bonchev–Trinajstić information content (AvgIpc) is 2.37. The Labute approximate surface area is 117 Å². The lowest BCUT2D eigenvalue weighted by Gasteiger charge is -2.08. The molecule has 0 fully saturated rings. The van der Waals surface area contributed by atoms with Crippen molar-refractivity contribution in [3.05, 3.63) is 57.7 Å². The van der Waals surface area contributed by atoms with E-state index in [4.69, 9.17) is 0 Å². The van der Waals surface area contributed by atoms with E-state index in [-0.39, 0.29) is 0 Å².